The van der Waals surface area contributed by atoms with Gasteiger partial charge < -0.3 is 14.5 Å². The molecule has 1 atom stereocenters. The van der Waals surface area contributed by atoms with Crippen molar-refractivity contribution in [2.75, 3.05) is 25.0 Å². The second-order valence-electron chi connectivity index (χ2n) is 10.4. The lowest BCUT2D eigenvalue weighted by atomic mass is 9.83. The smallest absolute Gasteiger partial charge is 0.413 e. The fourth-order valence-electron chi connectivity index (χ4n) is 6.00. The molecule has 1 fully saturated rings. The summed E-state index contributed by atoms with van der Waals surface area (Å²) in [7, 11) is 0. The van der Waals surface area contributed by atoms with Crippen molar-refractivity contribution in [2.45, 2.75) is 44.0 Å². The second kappa shape index (κ2) is 9.65. The van der Waals surface area contributed by atoms with Gasteiger partial charge in [0.2, 0.25) is 11.8 Å². The van der Waals surface area contributed by atoms with Gasteiger partial charge in [-0.15, -0.1) is 0 Å². The van der Waals surface area contributed by atoms with Gasteiger partial charge in [-0.2, -0.15) is 18.3 Å². The van der Waals surface area contributed by atoms with E-state index >= 15 is 0 Å². The number of halogens is 4. The highest BCUT2D eigenvalue weighted by Gasteiger charge is 2.46. The number of ether oxygens (including phenoxy) is 1. The molecular weight excluding hydrogens is 553 g/mol. The number of rotatable bonds is 3. The summed E-state index contributed by atoms with van der Waals surface area (Å²) in [6.45, 7) is -1.22. The Bertz CT molecular complexity index is 1520. The first-order chi connectivity index (χ1) is 19.0. The summed E-state index contributed by atoms with van der Waals surface area (Å²) in [4.78, 5) is 45.5. The Labute approximate surface area is 230 Å². The van der Waals surface area contributed by atoms with E-state index in [0.29, 0.717) is 45.7 Å². The molecule has 1 saturated heterocycles. The normalized spacial score (nSPS) is 20.6. The number of carbonyl (C=O) groups is 3. The van der Waals surface area contributed by atoms with Crippen LogP contribution in [0, 0.1) is 5.92 Å². The van der Waals surface area contributed by atoms with Crippen molar-refractivity contribution in [1.29, 1.82) is 0 Å². The molecule has 2 N–H and O–H groups in total. The molecule has 3 aliphatic heterocycles. The molecule has 0 aliphatic carbocycles. The van der Waals surface area contributed by atoms with Crippen LogP contribution in [0.5, 0.6) is 0 Å². The van der Waals surface area contributed by atoms with E-state index < -0.39 is 36.2 Å². The number of aromatic amines is 1. The van der Waals surface area contributed by atoms with Crippen LogP contribution in [-0.2, 0) is 32.9 Å². The summed E-state index contributed by atoms with van der Waals surface area (Å²) in [5.74, 6) is -1.69. The molecule has 5 heterocycles. The highest BCUT2D eigenvalue weighted by Crippen LogP contribution is 2.43. The minimum absolute atomic E-state index is 0.0647. The summed E-state index contributed by atoms with van der Waals surface area (Å²) >= 11 is 6.39. The number of benzene rings is 1. The highest BCUT2D eigenvalue weighted by molar-refractivity contribution is 6.35. The average molecular weight is 577 g/mol. The molecule has 0 radical (unpaired) electrons. The molecule has 2 aromatic heterocycles. The van der Waals surface area contributed by atoms with E-state index in [4.69, 9.17) is 16.3 Å². The lowest BCUT2D eigenvalue weighted by molar-refractivity contribution is -0.165. The van der Waals surface area contributed by atoms with Gasteiger partial charge in [-0.05, 0) is 35.7 Å². The van der Waals surface area contributed by atoms with E-state index in [1.165, 1.54) is 6.20 Å². The van der Waals surface area contributed by atoms with Crippen LogP contribution in [0.2, 0.25) is 5.02 Å². The summed E-state index contributed by atoms with van der Waals surface area (Å²) in [5, 5.41) is 10.2. The molecule has 0 saturated carbocycles. The standard InChI is InChI=1S/C26H24ClF3N6O4/c27-19-9-14-8-15(23(38)36(13-26(28,29)30)12-17(14)16-11-32-34-21(16)19)10-20(37)35-6-3-25(4-7-35)18-2-1-5-31-22(18)33-24(39)40-25/h1-2,5,9,11,15H,3-4,6-8,10,12-13H2,(H,32,34)(H,31,33,39)/t15-/m0/s1. The summed E-state index contributed by atoms with van der Waals surface area (Å²) in [5.41, 5.74) is 1.41. The zero-order valence-corrected chi connectivity index (χ0v) is 21.8. The number of amides is 3. The zero-order valence-electron chi connectivity index (χ0n) is 21.1. The van der Waals surface area contributed by atoms with Gasteiger partial charge in [-0.1, -0.05) is 11.6 Å². The van der Waals surface area contributed by atoms with Crippen LogP contribution in [0.4, 0.5) is 23.8 Å². The van der Waals surface area contributed by atoms with Crippen molar-refractivity contribution in [3.8, 4) is 0 Å². The number of alkyl halides is 3. The maximum absolute atomic E-state index is 13.5. The maximum atomic E-state index is 13.5. The molecule has 3 amide bonds. The number of aromatic nitrogens is 3. The van der Waals surface area contributed by atoms with Crippen molar-refractivity contribution in [2.24, 2.45) is 5.92 Å². The fourth-order valence-corrected chi connectivity index (χ4v) is 6.27. The van der Waals surface area contributed by atoms with Crippen LogP contribution < -0.4 is 5.32 Å². The van der Waals surface area contributed by atoms with Crippen LogP contribution in [0.15, 0.2) is 30.6 Å². The molecule has 210 valence electrons. The third kappa shape index (κ3) is 4.72. The molecule has 3 aromatic rings. The number of hydrogen-bond donors (Lipinski definition) is 2. The summed E-state index contributed by atoms with van der Waals surface area (Å²) in [6, 6.07) is 5.18. The predicted octanol–water partition coefficient (Wildman–Crippen LogP) is 4.14. The Morgan fingerprint density at radius 1 is 1.25 bits per heavy atom. The third-order valence-corrected chi connectivity index (χ3v) is 8.19. The van der Waals surface area contributed by atoms with Gasteiger partial charge in [0.25, 0.3) is 0 Å². The van der Waals surface area contributed by atoms with E-state index in [1.807, 2.05) is 6.07 Å². The number of pyridine rings is 1. The quantitative estimate of drug-likeness (QED) is 0.483. The Kier molecular flexibility index (Phi) is 6.36. The number of anilines is 1. The van der Waals surface area contributed by atoms with Crippen molar-refractivity contribution in [3.63, 3.8) is 0 Å². The molecule has 0 unspecified atom stereocenters. The Morgan fingerprint density at radius 3 is 2.77 bits per heavy atom. The topological polar surface area (TPSA) is 121 Å². The molecule has 0 bridgehead atoms. The van der Waals surface area contributed by atoms with Crippen molar-refractivity contribution < 1.29 is 32.3 Å². The molecule has 40 heavy (non-hydrogen) atoms. The molecule has 1 aromatic carbocycles. The zero-order chi connectivity index (χ0) is 28.2. The van der Waals surface area contributed by atoms with E-state index in [1.54, 1.807) is 23.2 Å². The first-order valence-corrected chi connectivity index (χ1v) is 13.1. The number of hydrogen-bond acceptors (Lipinski definition) is 6. The number of nitrogens with zero attached hydrogens (tertiary/aromatic N) is 4. The van der Waals surface area contributed by atoms with Gasteiger partial charge in [-0.25, -0.2) is 9.78 Å². The Morgan fingerprint density at radius 2 is 2.02 bits per heavy atom. The monoisotopic (exact) mass is 576 g/mol. The average Bonchev–Trinajstić information content (AvgIpc) is 3.36. The number of nitrogens with one attached hydrogen (secondary N) is 2. The number of fused-ring (bicyclic) bond motifs is 5. The van der Waals surface area contributed by atoms with Crippen LogP contribution in [0.25, 0.3) is 10.9 Å². The molecule has 6 rings (SSSR count). The van der Waals surface area contributed by atoms with Gasteiger partial charge in [0.15, 0.2) is 0 Å². The van der Waals surface area contributed by atoms with E-state index in [2.05, 4.69) is 20.5 Å². The number of H-pyrrole nitrogens is 1. The van der Waals surface area contributed by atoms with Crippen LogP contribution in [0.1, 0.15) is 36.0 Å². The van der Waals surface area contributed by atoms with Crippen molar-refractivity contribution in [1.82, 2.24) is 25.0 Å². The van der Waals surface area contributed by atoms with Gasteiger partial charge in [-0.3, -0.25) is 20.0 Å². The summed E-state index contributed by atoms with van der Waals surface area (Å²) in [6.07, 6.45) is -1.76. The van der Waals surface area contributed by atoms with Crippen molar-refractivity contribution in [3.05, 3.63) is 52.3 Å². The van der Waals surface area contributed by atoms with Gasteiger partial charge in [0.1, 0.15) is 18.0 Å². The molecule has 1 spiro atoms. The molecular formula is C26H24ClF3N6O4. The number of carbonyl (C=O) groups excluding carboxylic acids is 3. The van der Waals surface area contributed by atoms with Crippen LogP contribution in [0.3, 0.4) is 0 Å². The first-order valence-electron chi connectivity index (χ1n) is 12.8. The molecule has 14 heteroatoms. The second-order valence-corrected chi connectivity index (χ2v) is 10.8. The SMILES string of the molecule is O=C1Nc2ncccc2C2(CCN(C(=O)C[C@@H]3Cc4cc(Cl)c5[nH]ncc5c4CN(CC(F)(F)F)C3=O)CC2)O1. The number of likely N-dealkylation sites (tertiary alicyclic amines) is 1. The summed E-state index contributed by atoms with van der Waals surface area (Å²) < 4.78 is 46.1. The molecule has 10 nitrogen and oxygen atoms in total. The third-order valence-electron chi connectivity index (χ3n) is 7.89. The van der Waals surface area contributed by atoms with E-state index in [-0.39, 0.29) is 38.4 Å². The van der Waals surface area contributed by atoms with Gasteiger partial charge in [0.05, 0.1) is 22.7 Å². The first kappa shape index (κ1) is 26.4. The minimum atomic E-state index is -4.62. The lowest BCUT2D eigenvalue weighted by Crippen LogP contribution is -2.50. The lowest BCUT2D eigenvalue weighted by Gasteiger charge is -2.43. The van der Waals surface area contributed by atoms with Gasteiger partial charge >= 0.3 is 12.3 Å². The largest absolute Gasteiger partial charge is 0.437 e. The molecule has 3 aliphatic rings. The Hall–Kier alpha value is -3.87. The van der Waals surface area contributed by atoms with Crippen molar-refractivity contribution >= 4 is 46.2 Å². The maximum Gasteiger partial charge on any atom is 0.413 e. The van der Waals surface area contributed by atoms with E-state index in [0.717, 1.165) is 10.5 Å². The Balaban J connectivity index is 1.23. The minimum Gasteiger partial charge on any atom is -0.437 e. The number of piperidine rings is 1. The van der Waals surface area contributed by atoms with Crippen LogP contribution >= 0.6 is 11.6 Å². The highest BCUT2D eigenvalue weighted by atomic mass is 35.5. The fraction of sp³-hybridized carbons (Fsp3) is 0.423. The van der Waals surface area contributed by atoms with Crippen LogP contribution in [-0.4, -0.2) is 68.7 Å². The van der Waals surface area contributed by atoms with E-state index in [9.17, 15) is 27.6 Å². The predicted molar refractivity (Wildman–Crippen MR) is 136 cm³/mol. The van der Waals surface area contributed by atoms with Gasteiger partial charge in [0, 0.05) is 56.0 Å².